The molecule has 17 heavy (non-hydrogen) atoms. The lowest BCUT2D eigenvalue weighted by atomic mass is 9.62. The molecule has 4 heterocycles. The molecule has 96 valence electrons. The number of hydrogen-bond donors (Lipinski definition) is 2. The molecule has 0 saturated carbocycles. The second kappa shape index (κ2) is 3.55. The Morgan fingerprint density at radius 2 is 1.59 bits per heavy atom. The van der Waals surface area contributed by atoms with Crippen LogP contribution >= 0.6 is 0 Å². The van der Waals surface area contributed by atoms with Crippen LogP contribution in [-0.4, -0.2) is 38.1 Å². The molecule has 2 N–H and O–H groups in total. The third-order valence-corrected chi connectivity index (χ3v) is 5.40. The molecular formula is C14H26N2O+2. The van der Waals surface area contributed by atoms with Gasteiger partial charge in [-0.3, -0.25) is 14.6 Å². The number of piperidine rings is 2. The van der Waals surface area contributed by atoms with Crippen molar-refractivity contribution in [2.24, 2.45) is 10.8 Å². The van der Waals surface area contributed by atoms with Gasteiger partial charge in [0, 0.05) is 0 Å². The van der Waals surface area contributed by atoms with Crippen LogP contribution in [0.1, 0.15) is 40.0 Å². The Labute approximate surface area is 104 Å². The van der Waals surface area contributed by atoms with Gasteiger partial charge in [-0.15, -0.1) is 0 Å². The summed E-state index contributed by atoms with van der Waals surface area (Å²) in [6.45, 7) is 11.1. The first-order valence-electron chi connectivity index (χ1n) is 7.23. The maximum Gasteiger partial charge on any atom is 0.213 e. The zero-order chi connectivity index (χ0) is 12.3. The second-order valence-electron chi connectivity index (χ2n) is 7.17. The highest BCUT2D eigenvalue weighted by atomic mass is 16.1. The summed E-state index contributed by atoms with van der Waals surface area (Å²) in [5.41, 5.74) is -0.0305. The first-order chi connectivity index (χ1) is 7.98. The Balaban J connectivity index is 1.85. The molecule has 0 spiro atoms. The van der Waals surface area contributed by atoms with Crippen LogP contribution in [0, 0.1) is 10.8 Å². The number of carbonyl (C=O) groups is 1. The van der Waals surface area contributed by atoms with E-state index in [1.165, 1.54) is 19.3 Å². The lowest BCUT2D eigenvalue weighted by Gasteiger charge is -2.59. The van der Waals surface area contributed by atoms with Gasteiger partial charge in [0.2, 0.25) is 6.17 Å². The van der Waals surface area contributed by atoms with Crippen molar-refractivity contribution in [3.05, 3.63) is 0 Å². The largest absolute Gasteiger partial charge is 0.297 e. The molecule has 0 aromatic heterocycles. The number of ketones is 1. The van der Waals surface area contributed by atoms with Gasteiger partial charge in [0.05, 0.1) is 32.6 Å². The minimum absolute atomic E-state index is 0.0152. The molecule has 4 saturated heterocycles. The van der Waals surface area contributed by atoms with Gasteiger partial charge in [-0.25, -0.2) is 0 Å². The summed E-state index contributed by atoms with van der Waals surface area (Å²) in [7, 11) is 0. The second-order valence-corrected chi connectivity index (χ2v) is 7.17. The highest BCUT2D eigenvalue weighted by Gasteiger charge is 2.67. The average Bonchev–Trinajstić information content (AvgIpc) is 2.23. The zero-order valence-corrected chi connectivity index (χ0v) is 11.4. The van der Waals surface area contributed by atoms with Crippen LogP contribution in [0.3, 0.4) is 0 Å². The molecular weight excluding hydrogens is 212 g/mol. The van der Waals surface area contributed by atoms with E-state index in [-0.39, 0.29) is 10.8 Å². The van der Waals surface area contributed by atoms with E-state index >= 15 is 0 Å². The Kier molecular flexibility index (Phi) is 2.43. The minimum Gasteiger partial charge on any atom is -0.297 e. The van der Waals surface area contributed by atoms with Gasteiger partial charge in [0.1, 0.15) is 10.8 Å². The van der Waals surface area contributed by atoms with E-state index in [1.54, 1.807) is 9.80 Å². The maximum absolute atomic E-state index is 12.5. The van der Waals surface area contributed by atoms with Gasteiger partial charge < -0.3 is 0 Å². The Morgan fingerprint density at radius 1 is 1.12 bits per heavy atom. The molecule has 4 fully saturated rings. The monoisotopic (exact) mass is 238 g/mol. The zero-order valence-electron chi connectivity index (χ0n) is 11.4. The van der Waals surface area contributed by atoms with E-state index in [9.17, 15) is 4.79 Å². The van der Waals surface area contributed by atoms with Gasteiger partial charge in [-0.05, 0) is 20.3 Å². The van der Waals surface area contributed by atoms with Crippen molar-refractivity contribution in [2.45, 2.75) is 46.2 Å². The quantitative estimate of drug-likeness (QED) is 0.641. The molecule has 0 radical (unpaired) electrons. The summed E-state index contributed by atoms with van der Waals surface area (Å²) in [4.78, 5) is 15.9. The third-order valence-electron chi connectivity index (χ3n) is 5.40. The van der Waals surface area contributed by atoms with Crippen LogP contribution in [0.4, 0.5) is 0 Å². The van der Waals surface area contributed by atoms with Crippen LogP contribution in [0.2, 0.25) is 0 Å². The molecule has 4 rings (SSSR count). The molecule has 4 bridgehead atoms. The number of rotatable bonds is 3. The van der Waals surface area contributed by atoms with Crippen molar-refractivity contribution in [1.29, 1.82) is 0 Å². The van der Waals surface area contributed by atoms with Gasteiger partial charge in [0.15, 0.2) is 5.78 Å². The highest BCUT2D eigenvalue weighted by Crippen LogP contribution is 2.34. The average molecular weight is 238 g/mol. The Morgan fingerprint density at radius 3 is 2.00 bits per heavy atom. The van der Waals surface area contributed by atoms with E-state index in [2.05, 4.69) is 20.8 Å². The lowest BCUT2D eigenvalue weighted by Crippen LogP contribution is -3.45. The minimum atomic E-state index is -0.0152. The van der Waals surface area contributed by atoms with E-state index in [0.717, 1.165) is 32.3 Å². The first-order valence-corrected chi connectivity index (χ1v) is 7.23. The fourth-order valence-electron chi connectivity index (χ4n) is 4.90. The molecule has 3 nitrogen and oxygen atoms in total. The summed E-state index contributed by atoms with van der Waals surface area (Å²) in [6.07, 6.45) is 4.77. The van der Waals surface area contributed by atoms with Gasteiger partial charge in [0.25, 0.3) is 0 Å². The summed E-state index contributed by atoms with van der Waals surface area (Å²) in [6, 6.07) is 0. The van der Waals surface area contributed by atoms with Crippen molar-refractivity contribution >= 4 is 5.78 Å². The van der Waals surface area contributed by atoms with Gasteiger partial charge in [-0.1, -0.05) is 13.3 Å². The lowest BCUT2D eigenvalue weighted by molar-refractivity contribution is -1.17. The standard InChI is InChI=1S/C14H24N2O/c1-4-5-6-11-15-7-13(2)8-16(11)10-14(3,9-15)12(13)17/h11H,4-10H2,1-3H3/p+2. The van der Waals surface area contributed by atoms with Crippen LogP contribution in [0.25, 0.3) is 0 Å². The first kappa shape index (κ1) is 11.7. The number of unbranched alkanes of at least 4 members (excludes halogenated alkanes) is 1. The van der Waals surface area contributed by atoms with Crippen molar-refractivity contribution in [2.75, 3.05) is 26.2 Å². The van der Waals surface area contributed by atoms with Crippen LogP contribution in [0.5, 0.6) is 0 Å². The normalized spacial score (nSPS) is 52.2. The molecule has 0 atom stereocenters. The van der Waals surface area contributed by atoms with Crippen LogP contribution in [0.15, 0.2) is 0 Å². The Bertz CT molecular complexity index is 312. The summed E-state index contributed by atoms with van der Waals surface area (Å²) >= 11 is 0. The van der Waals surface area contributed by atoms with Crippen molar-refractivity contribution < 1.29 is 14.6 Å². The summed E-state index contributed by atoms with van der Waals surface area (Å²) in [5, 5.41) is 0. The van der Waals surface area contributed by atoms with Crippen LogP contribution in [-0.2, 0) is 4.79 Å². The topological polar surface area (TPSA) is 26.0 Å². The Hall–Kier alpha value is -0.410. The smallest absolute Gasteiger partial charge is 0.213 e. The van der Waals surface area contributed by atoms with E-state index in [1.807, 2.05) is 0 Å². The molecule has 0 unspecified atom stereocenters. The number of Topliss-reactive ketones (excluding diaryl/α,β-unsaturated/α-hetero) is 1. The van der Waals surface area contributed by atoms with Gasteiger partial charge in [-0.2, -0.15) is 0 Å². The molecule has 3 heteroatoms. The van der Waals surface area contributed by atoms with Gasteiger partial charge >= 0.3 is 0 Å². The molecule has 0 aromatic carbocycles. The fraction of sp³-hybridized carbons (Fsp3) is 0.929. The highest BCUT2D eigenvalue weighted by molar-refractivity contribution is 5.91. The fourth-order valence-corrected chi connectivity index (χ4v) is 4.90. The van der Waals surface area contributed by atoms with Crippen molar-refractivity contribution in [1.82, 2.24) is 0 Å². The van der Waals surface area contributed by atoms with Crippen molar-refractivity contribution in [3.63, 3.8) is 0 Å². The summed E-state index contributed by atoms with van der Waals surface area (Å²) in [5.74, 6) is 0.562. The molecule has 0 aliphatic carbocycles. The van der Waals surface area contributed by atoms with Crippen molar-refractivity contribution in [3.8, 4) is 0 Å². The molecule has 0 amide bonds. The third kappa shape index (κ3) is 1.52. The SMILES string of the molecule is CCCCC1[NH+]2CC3(C)C[NH+]1CC(C)(C2)C3=O. The van der Waals surface area contributed by atoms with E-state index in [0.29, 0.717) is 5.78 Å². The number of quaternary nitrogens is 2. The molecule has 4 aliphatic rings. The predicted octanol–water partition coefficient (Wildman–Crippen LogP) is -1.10. The summed E-state index contributed by atoms with van der Waals surface area (Å²) < 4.78 is 0. The predicted molar refractivity (Wildman–Crippen MR) is 65.9 cm³/mol. The number of nitrogens with one attached hydrogen (secondary N) is 2. The van der Waals surface area contributed by atoms with E-state index in [4.69, 9.17) is 0 Å². The van der Waals surface area contributed by atoms with Crippen LogP contribution < -0.4 is 9.80 Å². The van der Waals surface area contributed by atoms with E-state index < -0.39 is 0 Å². The molecule has 4 aliphatic heterocycles. The number of carbonyl (C=O) groups excluding carboxylic acids is 1. The number of hydrogen-bond acceptors (Lipinski definition) is 1. The molecule has 0 aromatic rings. The maximum atomic E-state index is 12.5.